The van der Waals surface area contributed by atoms with Gasteiger partial charge in [0.15, 0.2) is 0 Å². The van der Waals surface area contributed by atoms with Crippen LogP contribution in [0.15, 0.2) is 23.8 Å². The number of carboxylic acids is 1. The van der Waals surface area contributed by atoms with E-state index in [1.807, 2.05) is 17.1 Å². The minimum atomic E-state index is -0.802. The molecule has 0 aromatic carbocycles. The second-order valence-corrected chi connectivity index (χ2v) is 6.72. The Bertz CT molecular complexity index is 537. The van der Waals surface area contributed by atoms with Crippen LogP contribution in [-0.2, 0) is 14.3 Å². The minimum absolute atomic E-state index is 0.102. The van der Waals surface area contributed by atoms with Gasteiger partial charge in [0.2, 0.25) is 5.91 Å². The summed E-state index contributed by atoms with van der Waals surface area (Å²) in [5.74, 6) is -1.16. The van der Waals surface area contributed by atoms with Crippen LogP contribution in [0, 0.1) is 11.8 Å². The quantitative estimate of drug-likeness (QED) is 0.817. The zero-order chi connectivity index (χ0) is 16.9. The van der Waals surface area contributed by atoms with Crippen LogP contribution in [0.4, 0.5) is 0 Å². The third-order valence-corrected chi connectivity index (χ3v) is 5.17. The number of aliphatic carboxylic acids is 1. The molecule has 1 amide bonds. The van der Waals surface area contributed by atoms with Gasteiger partial charge >= 0.3 is 5.97 Å². The summed E-state index contributed by atoms with van der Waals surface area (Å²) in [6.07, 6.45) is 7.85. The Morgan fingerprint density at radius 1 is 1.25 bits per heavy atom. The van der Waals surface area contributed by atoms with Crippen LogP contribution >= 0.6 is 0 Å². The third-order valence-electron chi connectivity index (χ3n) is 5.17. The molecule has 6 heteroatoms. The highest BCUT2D eigenvalue weighted by Gasteiger charge is 2.32. The monoisotopic (exact) mass is 334 g/mol. The topological polar surface area (TPSA) is 70.1 Å². The van der Waals surface area contributed by atoms with Crippen molar-refractivity contribution in [2.45, 2.75) is 19.3 Å². The van der Waals surface area contributed by atoms with E-state index in [4.69, 9.17) is 9.84 Å². The number of carbonyl (C=O) groups is 2. The van der Waals surface area contributed by atoms with Crippen molar-refractivity contribution < 1.29 is 19.4 Å². The first-order chi connectivity index (χ1) is 11.6. The molecular formula is C18H26N2O4. The Morgan fingerprint density at radius 2 is 2.04 bits per heavy atom. The molecule has 2 fully saturated rings. The zero-order valence-corrected chi connectivity index (χ0v) is 14.0. The van der Waals surface area contributed by atoms with Crippen molar-refractivity contribution in [3.63, 3.8) is 0 Å². The van der Waals surface area contributed by atoms with E-state index in [2.05, 4.69) is 4.90 Å². The zero-order valence-electron chi connectivity index (χ0n) is 14.0. The lowest BCUT2D eigenvalue weighted by Gasteiger charge is -2.35. The van der Waals surface area contributed by atoms with Gasteiger partial charge in [0, 0.05) is 32.7 Å². The summed E-state index contributed by atoms with van der Waals surface area (Å²) in [5, 5.41) is 9.05. The lowest BCUT2D eigenvalue weighted by Crippen LogP contribution is -2.47. The Balaban J connectivity index is 1.55. The average molecular weight is 334 g/mol. The Kier molecular flexibility index (Phi) is 5.68. The van der Waals surface area contributed by atoms with E-state index >= 15 is 0 Å². The van der Waals surface area contributed by atoms with Crippen LogP contribution in [0.5, 0.6) is 0 Å². The smallest absolute Gasteiger partial charge is 0.310 e. The number of morpholine rings is 1. The van der Waals surface area contributed by atoms with Crippen LogP contribution in [-0.4, -0.2) is 72.7 Å². The van der Waals surface area contributed by atoms with Crippen molar-refractivity contribution in [2.75, 3.05) is 45.9 Å². The van der Waals surface area contributed by atoms with E-state index in [1.165, 1.54) is 0 Å². The fourth-order valence-electron chi connectivity index (χ4n) is 3.64. The predicted molar refractivity (Wildman–Crippen MR) is 89.5 cm³/mol. The molecular weight excluding hydrogens is 308 g/mol. The number of carboxylic acid groups (broad SMARTS) is 1. The predicted octanol–water partition coefficient (Wildman–Crippen LogP) is 1.14. The highest BCUT2D eigenvalue weighted by molar-refractivity contribution is 5.83. The van der Waals surface area contributed by atoms with Gasteiger partial charge in [-0.05, 0) is 24.8 Å². The van der Waals surface area contributed by atoms with Crippen molar-refractivity contribution in [3.8, 4) is 0 Å². The fraction of sp³-hybridized carbons (Fsp3) is 0.667. The van der Waals surface area contributed by atoms with Gasteiger partial charge in [-0.1, -0.05) is 18.2 Å². The highest BCUT2D eigenvalue weighted by atomic mass is 16.5. The van der Waals surface area contributed by atoms with Gasteiger partial charge in [-0.15, -0.1) is 0 Å². The maximum absolute atomic E-state index is 12.8. The average Bonchev–Trinajstić information content (AvgIpc) is 2.62. The van der Waals surface area contributed by atoms with Gasteiger partial charge in [-0.3, -0.25) is 14.5 Å². The summed E-state index contributed by atoms with van der Waals surface area (Å²) in [5.41, 5.74) is 0.994. The first-order valence-electron chi connectivity index (χ1n) is 8.85. The number of nitrogens with zero attached hydrogens (tertiary/aromatic N) is 2. The number of amides is 1. The molecule has 1 aliphatic carbocycles. The molecule has 2 saturated heterocycles. The first kappa shape index (κ1) is 17.2. The summed E-state index contributed by atoms with van der Waals surface area (Å²) >= 11 is 0. The molecule has 2 unspecified atom stereocenters. The van der Waals surface area contributed by atoms with Gasteiger partial charge in [0.05, 0.1) is 25.0 Å². The molecule has 3 rings (SSSR count). The van der Waals surface area contributed by atoms with Crippen LogP contribution < -0.4 is 0 Å². The molecule has 3 aliphatic rings. The Labute approximate surface area is 142 Å². The number of hydrogen-bond donors (Lipinski definition) is 1. The minimum Gasteiger partial charge on any atom is -0.481 e. The van der Waals surface area contributed by atoms with Crippen molar-refractivity contribution in [2.24, 2.45) is 11.8 Å². The molecule has 6 nitrogen and oxygen atoms in total. The summed E-state index contributed by atoms with van der Waals surface area (Å²) < 4.78 is 5.36. The summed E-state index contributed by atoms with van der Waals surface area (Å²) in [4.78, 5) is 28.1. The normalized spacial score (nSPS) is 28.8. The van der Waals surface area contributed by atoms with E-state index in [0.29, 0.717) is 6.42 Å². The highest BCUT2D eigenvalue weighted by Crippen LogP contribution is 2.29. The van der Waals surface area contributed by atoms with Gasteiger partial charge < -0.3 is 14.7 Å². The molecule has 0 radical (unpaired) electrons. The van der Waals surface area contributed by atoms with Crippen LogP contribution in [0.3, 0.4) is 0 Å². The number of likely N-dealkylation sites (tertiary alicyclic amines) is 1. The number of piperidine rings is 1. The first-order valence-corrected chi connectivity index (χ1v) is 8.85. The summed E-state index contributed by atoms with van der Waals surface area (Å²) in [6.45, 7) is 5.93. The van der Waals surface area contributed by atoms with E-state index in [-0.39, 0.29) is 11.8 Å². The van der Waals surface area contributed by atoms with Gasteiger partial charge in [0.25, 0.3) is 0 Å². The van der Waals surface area contributed by atoms with Crippen molar-refractivity contribution in [1.82, 2.24) is 9.80 Å². The number of allylic oxidation sites excluding steroid dienone is 2. The molecule has 1 N–H and O–H groups in total. The molecule has 24 heavy (non-hydrogen) atoms. The third kappa shape index (κ3) is 4.05. The second-order valence-electron chi connectivity index (χ2n) is 6.72. The van der Waals surface area contributed by atoms with Crippen molar-refractivity contribution in [3.05, 3.63) is 23.8 Å². The van der Waals surface area contributed by atoms with Crippen molar-refractivity contribution >= 4 is 11.9 Å². The van der Waals surface area contributed by atoms with Gasteiger partial charge in [-0.2, -0.15) is 0 Å². The van der Waals surface area contributed by atoms with Gasteiger partial charge in [0.1, 0.15) is 0 Å². The number of carbonyl (C=O) groups excluding carboxylic acids is 1. The maximum atomic E-state index is 12.8. The lowest BCUT2D eigenvalue weighted by molar-refractivity contribution is -0.140. The van der Waals surface area contributed by atoms with E-state index in [0.717, 1.165) is 64.4 Å². The molecule has 2 heterocycles. The van der Waals surface area contributed by atoms with E-state index in [1.54, 1.807) is 6.08 Å². The maximum Gasteiger partial charge on any atom is 0.310 e. The number of rotatable bonds is 5. The molecule has 2 atom stereocenters. The van der Waals surface area contributed by atoms with Crippen LogP contribution in [0.25, 0.3) is 0 Å². The molecule has 0 spiro atoms. The molecule has 0 aromatic rings. The standard InChI is InChI=1S/C18H26N2O4/c21-17-16(14-3-5-15(6-4-14)18(22)23)2-1-7-20(17)9-8-19-10-12-24-13-11-19/h3-5,15-16H,1-2,6-13H2,(H,22,23). The Morgan fingerprint density at radius 3 is 2.71 bits per heavy atom. The summed E-state index contributed by atoms with van der Waals surface area (Å²) in [6, 6.07) is 0. The largest absolute Gasteiger partial charge is 0.481 e. The fourth-order valence-corrected chi connectivity index (χ4v) is 3.64. The SMILES string of the molecule is O=C(O)C1C=CC(C2CCCN(CCN3CCOCC3)C2=O)=CC1. The second kappa shape index (κ2) is 7.94. The molecule has 132 valence electrons. The summed E-state index contributed by atoms with van der Waals surface area (Å²) in [7, 11) is 0. The van der Waals surface area contributed by atoms with E-state index in [9.17, 15) is 9.59 Å². The molecule has 2 aliphatic heterocycles. The molecule has 0 aromatic heterocycles. The van der Waals surface area contributed by atoms with Crippen LogP contribution in [0.2, 0.25) is 0 Å². The molecule has 0 bridgehead atoms. The van der Waals surface area contributed by atoms with Crippen molar-refractivity contribution in [1.29, 1.82) is 0 Å². The Hall–Kier alpha value is -1.66. The van der Waals surface area contributed by atoms with Gasteiger partial charge in [-0.25, -0.2) is 0 Å². The van der Waals surface area contributed by atoms with E-state index < -0.39 is 11.9 Å². The number of hydrogen-bond acceptors (Lipinski definition) is 4. The lowest BCUT2D eigenvalue weighted by atomic mass is 9.84. The van der Waals surface area contributed by atoms with Crippen LogP contribution in [0.1, 0.15) is 19.3 Å². The molecule has 0 saturated carbocycles. The number of ether oxygens (including phenoxy) is 1.